The molecule has 1 rings (SSSR count). The van der Waals surface area contributed by atoms with Gasteiger partial charge < -0.3 is 20.5 Å². The van der Waals surface area contributed by atoms with E-state index in [0.29, 0.717) is 12.1 Å². The van der Waals surface area contributed by atoms with Crippen molar-refractivity contribution in [1.29, 1.82) is 0 Å². The predicted molar refractivity (Wildman–Crippen MR) is 78.7 cm³/mol. The van der Waals surface area contributed by atoms with Gasteiger partial charge in [0.05, 0.1) is 17.8 Å². The number of halogens is 1. The van der Waals surface area contributed by atoms with Crippen LogP contribution in [0, 0.1) is 18.2 Å². The van der Waals surface area contributed by atoms with Crippen molar-refractivity contribution in [2.24, 2.45) is 0 Å². The molecule has 0 aromatic heterocycles. The number of aliphatic hydroxyl groups excluding tert-OH is 1. The lowest BCUT2D eigenvalue weighted by Crippen LogP contribution is -2.50. The average Bonchev–Trinajstić information content (AvgIpc) is 2.47. The quantitative estimate of drug-likeness (QED) is 0.704. The van der Waals surface area contributed by atoms with Gasteiger partial charge in [-0.3, -0.25) is 0 Å². The Balaban J connectivity index is 2.82. The van der Waals surface area contributed by atoms with Gasteiger partial charge in [0.15, 0.2) is 0 Å². The molecule has 0 aliphatic rings. The van der Waals surface area contributed by atoms with Gasteiger partial charge in [-0.2, -0.15) is 0 Å². The Bertz CT molecular complexity index is 536. The minimum Gasteiger partial charge on any atom is -0.479 e. The molecule has 21 heavy (non-hydrogen) atoms. The molecule has 0 heterocycles. The van der Waals surface area contributed by atoms with E-state index in [9.17, 15) is 14.3 Å². The number of terminal acetylenes is 1. The van der Waals surface area contributed by atoms with Gasteiger partial charge in [0.1, 0.15) is 18.2 Å². The minimum atomic E-state index is -0.732. The standard InChI is InChI=1S/C15H19FN2O3/c1-4-8-21-13-9-11(16)6-7-12(13)17-14(20)18-15(3,5-2)10-19/h1,6-7,9,19H,5,8,10H2,2-3H3,(H2,17,18,20). The maximum atomic E-state index is 13.2. The van der Waals surface area contributed by atoms with Crippen molar-refractivity contribution < 1.29 is 19.0 Å². The van der Waals surface area contributed by atoms with Crippen molar-refractivity contribution in [2.45, 2.75) is 25.8 Å². The second-order valence-electron chi connectivity index (χ2n) is 4.78. The lowest BCUT2D eigenvalue weighted by atomic mass is 10.0. The van der Waals surface area contributed by atoms with Crippen LogP contribution >= 0.6 is 0 Å². The molecule has 0 aliphatic heterocycles. The van der Waals surface area contributed by atoms with Crippen LogP contribution in [-0.4, -0.2) is 29.9 Å². The van der Waals surface area contributed by atoms with E-state index in [1.807, 2.05) is 6.92 Å². The molecule has 0 spiro atoms. The van der Waals surface area contributed by atoms with E-state index in [1.54, 1.807) is 6.92 Å². The molecular weight excluding hydrogens is 275 g/mol. The van der Waals surface area contributed by atoms with Gasteiger partial charge in [0.25, 0.3) is 0 Å². The van der Waals surface area contributed by atoms with Crippen LogP contribution in [-0.2, 0) is 0 Å². The van der Waals surface area contributed by atoms with Crippen molar-refractivity contribution in [3.63, 3.8) is 0 Å². The van der Waals surface area contributed by atoms with Crippen LogP contribution in [0.4, 0.5) is 14.9 Å². The highest BCUT2D eigenvalue weighted by molar-refractivity contribution is 5.91. The molecule has 0 saturated carbocycles. The number of benzene rings is 1. The lowest BCUT2D eigenvalue weighted by Gasteiger charge is -2.27. The summed E-state index contributed by atoms with van der Waals surface area (Å²) < 4.78 is 18.4. The van der Waals surface area contributed by atoms with E-state index in [4.69, 9.17) is 11.2 Å². The highest BCUT2D eigenvalue weighted by Gasteiger charge is 2.23. The van der Waals surface area contributed by atoms with Crippen LogP contribution in [0.3, 0.4) is 0 Å². The van der Waals surface area contributed by atoms with Gasteiger partial charge in [-0.25, -0.2) is 9.18 Å². The highest BCUT2D eigenvalue weighted by Crippen LogP contribution is 2.25. The number of ether oxygens (including phenoxy) is 1. The molecule has 5 nitrogen and oxygen atoms in total. The number of rotatable bonds is 6. The third kappa shape index (κ3) is 4.97. The Morgan fingerprint density at radius 3 is 2.86 bits per heavy atom. The van der Waals surface area contributed by atoms with Crippen LogP contribution in [0.5, 0.6) is 5.75 Å². The number of nitrogens with one attached hydrogen (secondary N) is 2. The minimum absolute atomic E-state index is 0.0386. The van der Waals surface area contributed by atoms with Gasteiger partial charge in [0.2, 0.25) is 0 Å². The third-order valence-electron chi connectivity index (χ3n) is 3.05. The summed E-state index contributed by atoms with van der Waals surface area (Å²) in [5.41, 5.74) is -0.440. The molecular formula is C15H19FN2O3. The summed E-state index contributed by atoms with van der Waals surface area (Å²) in [5, 5.41) is 14.5. The first kappa shape index (κ1) is 16.8. The molecule has 1 atom stereocenters. The van der Waals surface area contributed by atoms with Crippen molar-refractivity contribution >= 4 is 11.7 Å². The molecule has 0 radical (unpaired) electrons. The fourth-order valence-electron chi connectivity index (χ4n) is 1.51. The van der Waals surface area contributed by atoms with Crippen molar-refractivity contribution in [1.82, 2.24) is 5.32 Å². The van der Waals surface area contributed by atoms with E-state index in [2.05, 4.69) is 16.6 Å². The second-order valence-corrected chi connectivity index (χ2v) is 4.78. The molecule has 114 valence electrons. The first-order chi connectivity index (χ1) is 9.94. The summed E-state index contributed by atoms with van der Waals surface area (Å²) in [7, 11) is 0. The smallest absolute Gasteiger partial charge is 0.319 e. The molecule has 0 fully saturated rings. The van der Waals surface area contributed by atoms with Gasteiger partial charge in [0, 0.05) is 6.07 Å². The van der Waals surface area contributed by atoms with Crippen molar-refractivity contribution in [3.8, 4) is 18.1 Å². The van der Waals surface area contributed by atoms with E-state index < -0.39 is 17.4 Å². The van der Waals surface area contributed by atoms with Crippen LogP contribution in [0.15, 0.2) is 18.2 Å². The first-order valence-electron chi connectivity index (χ1n) is 6.50. The summed E-state index contributed by atoms with van der Waals surface area (Å²) in [4.78, 5) is 11.9. The number of hydrogen-bond donors (Lipinski definition) is 3. The number of amides is 2. The fourth-order valence-corrected chi connectivity index (χ4v) is 1.51. The van der Waals surface area contributed by atoms with Crippen molar-refractivity contribution in [2.75, 3.05) is 18.5 Å². The summed E-state index contributed by atoms with van der Waals surface area (Å²) in [5.74, 6) is 1.91. The fraction of sp³-hybridized carbons (Fsp3) is 0.400. The number of carbonyl (C=O) groups excluding carboxylic acids is 1. The number of urea groups is 1. The molecule has 0 bridgehead atoms. The van der Waals surface area contributed by atoms with Crippen LogP contribution in [0.25, 0.3) is 0 Å². The molecule has 1 aromatic rings. The second kappa shape index (κ2) is 7.50. The monoisotopic (exact) mass is 294 g/mol. The van der Waals surface area contributed by atoms with Gasteiger partial charge in [-0.1, -0.05) is 12.8 Å². The van der Waals surface area contributed by atoms with Gasteiger partial charge in [-0.15, -0.1) is 6.42 Å². The zero-order valence-electron chi connectivity index (χ0n) is 12.1. The summed E-state index contributed by atoms with van der Waals surface area (Å²) in [6, 6.07) is 3.19. The Hall–Kier alpha value is -2.26. The van der Waals surface area contributed by atoms with E-state index in [1.165, 1.54) is 12.1 Å². The molecule has 1 unspecified atom stereocenters. The van der Waals surface area contributed by atoms with Crippen LogP contribution in [0.2, 0.25) is 0 Å². The maximum absolute atomic E-state index is 13.2. The first-order valence-corrected chi connectivity index (χ1v) is 6.50. The summed E-state index contributed by atoms with van der Waals surface area (Å²) in [6.45, 7) is 3.33. The molecule has 0 aliphatic carbocycles. The van der Waals surface area contributed by atoms with E-state index in [0.717, 1.165) is 6.07 Å². The predicted octanol–water partition coefficient (Wildman–Crippen LogP) is 2.12. The Kier molecular flexibility index (Phi) is 6.00. The van der Waals surface area contributed by atoms with Gasteiger partial charge >= 0.3 is 6.03 Å². The molecule has 0 saturated heterocycles. The van der Waals surface area contributed by atoms with Crippen LogP contribution < -0.4 is 15.4 Å². The number of aliphatic hydroxyl groups is 1. The number of anilines is 1. The van der Waals surface area contributed by atoms with Crippen LogP contribution in [0.1, 0.15) is 20.3 Å². The van der Waals surface area contributed by atoms with E-state index in [-0.39, 0.29) is 19.0 Å². The van der Waals surface area contributed by atoms with Crippen molar-refractivity contribution in [3.05, 3.63) is 24.0 Å². The summed E-state index contributed by atoms with van der Waals surface area (Å²) >= 11 is 0. The summed E-state index contributed by atoms with van der Waals surface area (Å²) in [6.07, 6.45) is 5.65. The number of carbonyl (C=O) groups is 1. The lowest BCUT2D eigenvalue weighted by molar-refractivity contribution is 0.172. The zero-order chi connectivity index (χ0) is 15.9. The normalized spacial score (nSPS) is 12.9. The third-order valence-corrected chi connectivity index (χ3v) is 3.05. The maximum Gasteiger partial charge on any atom is 0.319 e. The molecule has 3 N–H and O–H groups in total. The van der Waals surface area contributed by atoms with Gasteiger partial charge in [-0.05, 0) is 25.5 Å². The Morgan fingerprint density at radius 2 is 2.29 bits per heavy atom. The largest absolute Gasteiger partial charge is 0.479 e. The Labute approximate surface area is 123 Å². The molecule has 1 aromatic carbocycles. The topological polar surface area (TPSA) is 70.6 Å². The Morgan fingerprint density at radius 1 is 1.57 bits per heavy atom. The SMILES string of the molecule is C#CCOc1cc(F)ccc1NC(=O)NC(C)(CC)CO. The average molecular weight is 294 g/mol. The molecule has 6 heteroatoms. The highest BCUT2D eigenvalue weighted by atomic mass is 19.1. The molecule has 2 amide bonds. The zero-order valence-corrected chi connectivity index (χ0v) is 12.1. The number of hydrogen-bond acceptors (Lipinski definition) is 3. The van der Waals surface area contributed by atoms with E-state index >= 15 is 0 Å².